The van der Waals surface area contributed by atoms with Crippen LogP contribution >= 0.6 is 11.6 Å². The summed E-state index contributed by atoms with van der Waals surface area (Å²) in [7, 11) is 0. The van der Waals surface area contributed by atoms with Crippen molar-refractivity contribution in [2.75, 3.05) is 25.0 Å². The van der Waals surface area contributed by atoms with Gasteiger partial charge in [-0.25, -0.2) is 0 Å². The van der Waals surface area contributed by atoms with Gasteiger partial charge in [0.05, 0.1) is 22.1 Å². The molecule has 172 valence electrons. The fraction of sp³-hybridized carbons (Fsp3) is 0.286. The molecule has 0 fully saturated rings. The molecule has 33 heavy (non-hydrogen) atoms. The lowest BCUT2D eigenvalue weighted by molar-refractivity contribution is -0.384. The Hall–Kier alpha value is -4.04. The molecule has 11 nitrogen and oxygen atoms in total. The minimum absolute atomic E-state index is 0.0863. The molecule has 2 rings (SSSR count). The molecule has 0 unspecified atom stereocenters. The van der Waals surface area contributed by atoms with Gasteiger partial charge < -0.3 is 15.4 Å². The molecule has 12 heteroatoms. The maximum absolute atomic E-state index is 11.5. The van der Waals surface area contributed by atoms with Crippen molar-refractivity contribution < 1.29 is 19.2 Å². The summed E-state index contributed by atoms with van der Waals surface area (Å²) in [5, 5.41) is 33.5. The molecule has 2 aromatic carbocycles. The van der Waals surface area contributed by atoms with Gasteiger partial charge in [0.15, 0.2) is 6.61 Å². The van der Waals surface area contributed by atoms with Crippen LogP contribution in [0.2, 0.25) is 5.02 Å². The molecule has 0 atom stereocenters. The van der Waals surface area contributed by atoms with E-state index in [0.29, 0.717) is 30.9 Å². The van der Waals surface area contributed by atoms with Crippen molar-refractivity contribution in [2.24, 2.45) is 10.2 Å². The second-order valence-corrected chi connectivity index (χ2v) is 7.07. The van der Waals surface area contributed by atoms with Crippen LogP contribution < -0.4 is 10.6 Å². The summed E-state index contributed by atoms with van der Waals surface area (Å²) >= 11 is 6.07. The van der Waals surface area contributed by atoms with E-state index in [1.54, 1.807) is 18.2 Å². The Labute approximate surface area is 194 Å². The number of rotatable bonds is 11. The average Bonchev–Trinajstić information content (AvgIpc) is 2.77. The van der Waals surface area contributed by atoms with E-state index in [1.807, 2.05) is 6.07 Å². The molecule has 2 aromatic rings. The Morgan fingerprint density at radius 1 is 1.18 bits per heavy atom. The summed E-state index contributed by atoms with van der Waals surface area (Å²) in [5.74, 6) is -0.652. The van der Waals surface area contributed by atoms with E-state index in [1.165, 1.54) is 25.1 Å². The van der Waals surface area contributed by atoms with Crippen LogP contribution in [0.4, 0.5) is 22.7 Å². The largest absolute Gasteiger partial charge is 0.450 e. The van der Waals surface area contributed by atoms with Crippen molar-refractivity contribution in [3.8, 4) is 6.07 Å². The Morgan fingerprint density at radius 3 is 2.58 bits per heavy atom. The van der Waals surface area contributed by atoms with Gasteiger partial charge in [-0.15, -0.1) is 5.11 Å². The zero-order valence-electron chi connectivity index (χ0n) is 17.7. The standard InChI is InChI=1S/C21H21ClN6O5/c1-14(29)24-9-6-15-12-16(25-10-7-21(30)33-11-8-23)2-4-19(15)26-27-20-5-3-17(28(31)32)13-18(20)22/h2-5,12-13,25H,6-7,9-11H2,1H3,(H,24,29). The number of halogens is 1. The van der Waals surface area contributed by atoms with Crippen molar-refractivity contribution in [3.05, 3.63) is 57.1 Å². The average molecular weight is 473 g/mol. The highest BCUT2D eigenvalue weighted by Crippen LogP contribution is 2.32. The number of nitrogens with zero attached hydrogens (tertiary/aromatic N) is 4. The number of nitrogens with one attached hydrogen (secondary N) is 2. The van der Waals surface area contributed by atoms with E-state index in [4.69, 9.17) is 21.6 Å². The zero-order valence-corrected chi connectivity index (χ0v) is 18.5. The van der Waals surface area contributed by atoms with Gasteiger partial charge >= 0.3 is 5.97 Å². The predicted octanol–water partition coefficient (Wildman–Crippen LogP) is 4.21. The minimum atomic E-state index is -0.554. The molecule has 0 spiro atoms. The number of carbonyl (C=O) groups excluding carboxylic acids is 2. The first-order valence-corrected chi connectivity index (χ1v) is 10.2. The highest BCUT2D eigenvalue weighted by Gasteiger charge is 2.10. The van der Waals surface area contributed by atoms with Crippen LogP contribution in [-0.4, -0.2) is 36.5 Å². The number of nitro groups is 1. The third-order valence-electron chi connectivity index (χ3n) is 4.21. The lowest BCUT2D eigenvalue weighted by Crippen LogP contribution is -2.22. The number of amides is 1. The third-order valence-corrected chi connectivity index (χ3v) is 4.51. The number of hydrogen-bond acceptors (Lipinski definition) is 9. The fourth-order valence-electron chi connectivity index (χ4n) is 2.66. The van der Waals surface area contributed by atoms with Gasteiger partial charge in [-0.3, -0.25) is 19.7 Å². The predicted molar refractivity (Wildman–Crippen MR) is 121 cm³/mol. The molecular weight excluding hydrogens is 452 g/mol. The molecular formula is C21H21ClN6O5. The van der Waals surface area contributed by atoms with Gasteiger partial charge in [-0.2, -0.15) is 10.4 Å². The lowest BCUT2D eigenvalue weighted by atomic mass is 10.1. The molecule has 2 N–H and O–H groups in total. The summed E-state index contributed by atoms with van der Waals surface area (Å²) in [6, 6.07) is 10.9. The van der Waals surface area contributed by atoms with Gasteiger partial charge in [0.1, 0.15) is 11.8 Å². The third kappa shape index (κ3) is 8.54. The van der Waals surface area contributed by atoms with Crippen LogP contribution in [-0.2, 0) is 20.7 Å². The van der Waals surface area contributed by atoms with Gasteiger partial charge in [-0.05, 0) is 36.2 Å². The van der Waals surface area contributed by atoms with E-state index < -0.39 is 10.9 Å². The number of non-ortho nitro benzene ring substituents is 1. The number of carbonyl (C=O) groups is 2. The molecule has 0 aliphatic heterocycles. The molecule has 0 bridgehead atoms. The second kappa shape index (κ2) is 12.7. The summed E-state index contributed by atoms with van der Waals surface area (Å²) in [6.07, 6.45) is 0.546. The van der Waals surface area contributed by atoms with Crippen molar-refractivity contribution in [1.82, 2.24) is 5.32 Å². The van der Waals surface area contributed by atoms with Gasteiger partial charge in [0.25, 0.3) is 5.69 Å². The van der Waals surface area contributed by atoms with Gasteiger partial charge in [0.2, 0.25) is 5.91 Å². The van der Waals surface area contributed by atoms with Crippen LogP contribution in [0, 0.1) is 21.4 Å². The van der Waals surface area contributed by atoms with Crippen LogP contribution in [0.3, 0.4) is 0 Å². The Morgan fingerprint density at radius 2 is 1.91 bits per heavy atom. The molecule has 0 aliphatic carbocycles. The first-order chi connectivity index (χ1) is 15.8. The van der Waals surface area contributed by atoms with Gasteiger partial charge in [0, 0.05) is 37.8 Å². The highest BCUT2D eigenvalue weighted by atomic mass is 35.5. The zero-order chi connectivity index (χ0) is 24.2. The number of nitro benzene ring substituents is 1. The van der Waals surface area contributed by atoms with Crippen LogP contribution in [0.15, 0.2) is 46.6 Å². The van der Waals surface area contributed by atoms with E-state index >= 15 is 0 Å². The quantitative estimate of drug-likeness (QED) is 0.214. The highest BCUT2D eigenvalue weighted by molar-refractivity contribution is 6.33. The number of benzene rings is 2. The van der Waals surface area contributed by atoms with Gasteiger partial charge in [-0.1, -0.05) is 11.6 Å². The van der Waals surface area contributed by atoms with Crippen LogP contribution in [0.1, 0.15) is 18.9 Å². The van der Waals surface area contributed by atoms with Crippen molar-refractivity contribution >= 4 is 46.2 Å². The van der Waals surface area contributed by atoms with E-state index in [9.17, 15) is 19.7 Å². The van der Waals surface area contributed by atoms with E-state index in [0.717, 1.165) is 5.56 Å². The molecule has 0 aliphatic rings. The van der Waals surface area contributed by atoms with Crippen LogP contribution in [0.5, 0.6) is 0 Å². The summed E-state index contributed by atoms with van der Waals surface area (Å²) in [5.41, 5.74) is 2.12. The normalized spacial score (nSPS) is 10.5. The minimum Gasteiger partial charge on any atom is -0.450 e. The van der Waals surface area contributed by atoms with Crippen molar-refractivity contribution in [2.45, 2.75) is 19.8 Å². The number of hydrogen-bond donors (Lipinski definition) is 2. The summed E-state index contributed by atoms with van der Waals surface area (Å²) < 4.78 is 4.70. The van der Waals surface area contributed by atoms with Crippen molar-refractivity contribution in [3.63, 3.8) is 0 Å². The SMILES string of the molecule is CC(=O)NCCc1cc(NCCC(=O)OCC#N)ccc1N=Nc1ccc([N+](=O)[O-])cc1Cl. The van der Waals surface area contributed by atoms with E-state index in [-0.39, 0.29) is 35.3 Å². The number of azo groups is 1. The first kappa shape index (κ1) is 25.2. The topological polar surface area (TPSA) is 159 Å². The maximum atomic E-state index is 11.5. The summed E-state index contributed by atoms with van der Waals surface area (Å²) in [4.78, 5) is 33.0. The molecule has 0 saturated carbocycles. The maximum Gasteiger partial charge on any atom is 0.308 e. The molecule has 1 amide bonds. The van der Waals surface area contributed by atoms with Crippen LogP contribution in [0.25, 0.3) is 0 Å². The second-order valence-electron chi connectivity index (χ2n) is 6.66. The fourth-order valence-corrected chi connectivity index (χ4v) is 2.87. The van der Waals surface area contributed by atoms with Crippen molar-refractivity contribution in [1.29, 1.82) is 5.26 Å². The number of nitriles is 1. The molecule has 0 aromatic heterocycles. The Bertz CT molecular complexity index is 1100. The smallest absolute Gasteiger partial charge is 0.308 e. The lowest BCUT2D eigenvalue weighted by Gasteiger charge is -2.11. The molecule has 0 heterocycles. The Kier molecular flexibility index (Phi) is 9.73. The monoisotopic (exact) mass is 472 g/mol. The number of anilines is 1. The van der Waals surface area contributed by atoms with E-state index in [2.05, 4.69) is 20.9 Å². The number of ether oxygens (including phenoxy) is 1. The molecule has 0 radical (unpaired) electrons. The summed E-state index contributed by atoms with van der Waals surface area (Å²) in [6.45, 7) is 1.81. The number of esters is 1. The molecule has 0 saturated heterocycles. The Balaban J connectivity index is 2.16. The first-order valence-electron chi connectivity index (χ1n) is 9.79.